The summed E-state index contributed by atoms with van der Waals surface area (Å²) in [5.41, 5.74) is 1.27. The molecule has 0 N–H and O–H groups in total. The molecular weight excluding hydrogens is 376 g/mol. The fourth-order valence-corrected chi connectivity index (χ4v) is 4.81. The molecule has 2 aromatic rings. The van der Waals surface area contributed by atoms with E-state index in [0.29, 0.717) is 42.9 Å². The van der Waals surface area contributed by atoms with Gasteiger partial charge >= 0.3 is 5.97 Å². The van der Waals surface area contributed by atoms with Crippen LogP contribution in [0.3, 0.4) is 0 Å². The van der Waals surface area contributed by atoms with E-state index in [1.54, 1.807) is 23.4 Å². The Hall–Kier alpha value is -2.48. The molecule has 2 aliphatic rings. The molecule has 0 saturated carbocycles. The quantitative estimate of drug-likeness (QED) is 0.732. The first kappa shape index (κ1) is 18.9. The minimum absolute atomic E-state index is 0.156. The van der Waals surface area contributed by atoms with Crippen LogP contribution in [0.15, 0.2) is 24.5 Å². The lowest BCUT2D eigenvalue weighted by atomic mass is 9.90. The number of piperazine rings is 1. The number of anilines is 1. The Morgan fingerprint density at radius 3 is 2.71 bits per heavy atom. The summed E-state index contributed by atoms with van der Waals surface area (Å²) in [6.07, 6.45) is 6.64. The van der Waals surface area contributed by atoms with Gasteiger partial charge in [0.05, 0.1) is 0 Å². The van der Waals surface area contributed by atoms with Crippen molar-refractivity contribution in [3.8, 4) is 0 Å². The van der Waals surface area contributed by atoms with E-state index >= 15 is 0 Å². The second kappa shape index (κ2) is 8.26. The van der Waals surface area contributed by atoms with Crippen LogP contribution in [0.1, 0.15) is 33.5 Å². The van der Waals surface area contributed by atoms with Gasteiger partial charge in [0, 0.05) is 43.4 Å². The number of esters is 1. The van der Waals surface area contributed by atoms with Gasteiger partial charge < -0.3 is 14.5 Å². The lowest BCUT2D eigenvalue weighted by molar-refractivity contribution is -0.134. The van der Waals surface area contributed by atoms with Gasteiger partial charge in [-0.3, -0.25) is 4.79 Å². The standard InChI is InChI=1S/C20H24N4O3S/c1-14-3-4-16-15(11-14)12-17(28-16)19(26)27-13-18(25)23-7-9-24(10-8-23)20-21-5-2-6-22-20/h2,5-6,12,14H,3-4,7-11,13H2,1H3. The first-order valence-corrected chi connectivity index (χ1v) is 10.5. The van der Waals surface area contributed by atoms with Gasteiger partial charge in [0.25, 0.3) is 5.91 Å². The van der Waals surface area contributed by atoms with Crippen LogP contribution in [0.25, 0.3) is 0 Å². The zero-order chi connectivity index (χ0) is 19.5. The largest absolute Gasteiger partial charge is 0.451 e. The van der Waals surface area contributed by atoms with Gasteiger partial charge in [0.1, 0.15) is 4.88 Å². The Morgan fingerprint density at radius 1 is 1.21 bits per heavy atom. The minimum Gasteiger partial charge on any atom is -0.451 e. The van der Waals surface area contributed by atoms with Crippen LogP contribution < -0.4 is 4.90 Å². The third-order valence-corrected chi connectivity index (χ3v) is 6.54. The zero-order valence-corrected chi connectivity index (χ0v) is 16.8. The molecule has 1 amide bonds. The monoisotopic (exact) mass is 400 g/mol. The lowest BCUT2D eigenvalue weighted by Gasteiger charge is -2.34. The number of nitrogens with zero attached hydrogens (tertiary/aromatic N) is 4. The average Bonchev–Trinajstić information content (AvgIpc) is 3.16. The highest BCUT2D eigenvalue weighted by Gasteiger charge is 2.25. The number of thiophene rings is 1. The van der Waals surface area contributed by atoms with Crippen LogP contribution in [0.5, 0.6) is 0 Å². The number of fused-ring (bicyclic) bond motifs is 1. The van der Waals surface area contributed by atoms with Gasteiger partial charge in [-0.15, -0.1) is 11.3 Å². The van der Waals surface area contributed by atoms with E-state index in [-0.39, 0.29) is 12.5 Å². The number of amides is 1. The Bertz CT molecular complexity index is 846. The first-order valence-electron chi connectivity index (χ1n) is 9.68. The van der Waals surface area contributed by atoms with Crippen molar-refractivity contribution < 1.29 is 14.3 Å². The highest BCUT2D eigenvalue weighted by atomic mass is 32.1. The van der Waals surface area contributed by atoms with E-state index in [0.717, 1.165) is 12.8 Å². The second-order valence-electron chi connectivity index (χ2n) is 7.40. The summed E-state index contributed by atoms with van der Waals surface area (Å²) in [4.78, 5) is 38.9. The van der Waals surface area contributed by atoms with E-state index in [1.165, 1.54) is 28.2 Å². The Morgan fingerprint density at radius 2 is 1.96 bits per heavy atom. The van der Waals surface area contributed by atoms with E-state index < -0.39 is 5.97 Å². The van der Waals surface area contributed by atoms with Crippen molar-refractivity contribution in [2.75, 3.05) is 37.7 Å². The lowest BCUT2D eigenvalue weighted by Crippen LogP contribution is -2.50. The molecule has 7 nitrogen and oxygen atoms in total. The van der Waals surface area contributed by atoms with Gasteiger partial charge in [0.15, 0.2) is 6.61 Å². The number of ether oxygens (including phenoxy) is 1. The summed E-state index contributed by atoms with van der Waals surface area (Å²) in [5, 5.41) is 0. The smallest absolute Gasteiger partial charge is 0.348 e. The third kappa shape index (κ3) is 4.16. The topological polar surface area (TPSA) is 75.6 Å². The summed E-state index contributed by atoms with van der Waals surface area (Å²) in [7, 11) is 0. The fraction of sp³-hybridized carbons (Fsp3) is 0.500. The van der Waals surface area contributed by atoms with Gasteiger partial charge in [-0.05, 0) is 42.9 Å². The summed E-state index contributed by atoms with van der Waals surface area (Å²) in [6, 6.07) is 3.73. The SMILES string of the molecule is CC1CCc2sc(C(=O)OCC(=O)N3CCN(c4ncccn4)CC3)cc2C1. The molecule has 3 heterocycles. The summed E-state index contributed by atoms with van der Waals surface area (Å²) in [6.45, 7) is 4.50. The maximum Gasteiger partial charge on any atom is 0.348 e. The van der Waals surface area contributed by atoms with E-state index in [9.17, 15) is 9.59 Å². The van der Waals surface area contributed by atoms with Crippen LogP contribution in [-0.4, -0.2) is 59.5 Å². The number of carbonyl (C=O) groups excluding carboxylic acids is 2. The van der Waals surface area contributed by atoms with Gasteiger partial charge in [-0.25, -0.2) is 14.8 Å². The molecule has 28 heavy (non-hydrogen) atoms. The predicted molar refractivity (Wildman–Crippen MR) is 107 cm³/mol. The molecule has 148 valence electrons. The van der Waals surface area contributed by atoms with Crippen LogP contribution in [0, 0.1) is 5.92 Å². The van der Waals surface area contributed by atoms with Crippen LogP contribution >= 0.6 is 11.3 Å². The van der Waals surface area contributed by atoms with Gasteiger partial charge in [-0.2, -0.15) is 0 Å². The van der Waals surface area contributed by atoms with Crippen LogP contribution in [-0.2, 0) is 22.4 Å². The minimum atomic E-state index is -0.392. The molecule has 1 unspecified atom stereocenters. The van der Waals surface area contributed by atoms with E-state index in [1.807, 2.05) is 11.0 Å². The summed E-state index contributed by atoms with van der Waals surface area (Å²) in [5.74, 6) is 0.790. The van der Waals surface area contributed by atoms with Crippen LogP contribution in [0.2, 0.25) is 0 Å². The first-order chi connectivity index (χ1) is 13.6. The molecule has 1 aliphatic carbocycles. The normalized spacial score (nSPS) is 19.2. The van der Waals surface area contributed by atoms with Crippen molar-refractivity contribution in [1.29, 1.82) is 0 Å². The Balaban J connectivity index is 1.26. The van der Waals surface area contributed by atoms with Crippen LogP contribution in [0.4, 0.5) is 5.95 Å². The molecule has 1 saturated heterocycles. The number of hydrogen-bond donors (Lipinski definition) is 0. The molecule has 8 heteroatoms. The number of aryl methyl sites for hydroxylation is 1. The van der Waals surface area contributed by atoms with Gasteiger partial charge in [0.2, 0.25) is 5.95 Å². The van der Waals surface area contributed by atoms with Crippen molar-refractivity contribution >= 4 is 29.2 Å². The summed E-state index contributed by atoms with van der Waals surface area (Å²) < 4.78 is 5.30. The zero-order valence-electron chi connectivity index (χ0n) is 16.0. The second-order valence-corrected chi connectivity index (χ2v) is 8.54. The number of rotatable bonds is 4. The molecule has 1 fully saturated rings. The summed E-state index contributed by atoms with van der Waals surface area (Å²) >= 11 is 1.51. The van der Waals surface area contributed by atoms with Crippen molar-refractivity contribution in [3.63, 3.8) is 0 Å². The molecule has 1 atom stereocenters. The van der Waals surface area contributed by atoms with E-state index in [4.69, 9.17) is 4.74 Å². The molecule has 0 bridgehead atoms. The maximum absolute atomic E-state index is 12.4. The fourth-order valence-electron chi connectivity index (χ4n) is 3.71. The molecular formula is C20H24N4O3S. The highest BCUT2D eigenvalue weighted by molar-refractivity contribution is 7.14. The van der Waals surface area contributed by atoms with E-state index in [2.05, 4.69) is 16.9 Å². The predicted octanol–water partition coefficient (Wildman–Crippen LogP) is 2.17. The number of aromatic nitrogens is 2. The van der Waals surface area contributed by atoms with Crippen molar-refractivity contribution in [2.45, 2.75) is 26.2 Å². The Labute approximate surface area is 168 Å². The van der Waals surface area contributed by atoms with Crippen molar-refractivity contribution in [3.05, 3.63) is 39.8 Å². The third-order valence-electron chi connectivity index (χ3n) is 5.32. The molecule has 0 aromatic carbocycles. The molecule has 1 aliphatic heterocycles. The molecule has 0 radical (unpaired) electrons. The number of carbonyl (C=O) groups is 2. The average molecular weight is 401 g/mol. The van der Waals surface area contributed by atoms with Crippen molar-refractivity contribution in [2.24, 2.45) is 5.92 Å². The number of hydrogen-bond acceptors (Lipinski definition) is 7. The molecule has 4 rings (SSSR count). The van der Waals surface area contributed by atoms with Gasteiger partial charge in [-0.1, -0.05) is 6.92 Å². The van der Waals surface area contributed by atoms with Crippen molar-refractivity contribution in [1.82, 2.24) is 14.9 Å². The molecule has 0 spiro atoms. The Kier molecular flexibility index (Phi) is 5.57. The highest BCUT2D eigenvalue weighted by Crippen LogP contribution is 2.32. The molecule has 2 aromatic heterocycles. The maximum atomic E-state index is 12.4.